The summed E-state index contributed by atoms with van der Waals surface area (Å²) in [6.45, 7) is 3.62. The van der Waals surface area contributed by atoms with Crippen LogP contribution in [-0.4, -0.2) is 63.0 Å². The summed E-state index contributed by atoms with van der Waals surface area (Å²) in [6.07, 6.45) is 5.12. The average Bonchev–Trinajstić information content (AvgIpc) is 3.37. The van der Waals surface area contributed by atoms with Gasteiger partial charge >= 0.3 is 0 Å². The minimum Gasteiger partial charge on any atom is -0.347 e. The summed E-state index contributed by atoms with van der Waals surface area (Å²) in [6, 6.07) is 9.39. The summed E-state index contributed by atoms with van der Waals surface area (Å²) in [4.78, 5) is 25.7. The van der Waals surface area contributed by atoms with E-state index in [4.69, 9.17) is 0 Å². The van der Waals surface area contributed by atoms with E-state index in [1.165, 1.54) is 4.90 Å². The molecule has 11 heteroatoms. The van der Waals surface area contributed by atoms with Gasteiger partial charge in [-0.25, -0.2) is 0 Å². The van der Waals surface area contributed by atoms with Gasteiger partial charge in [0, 0.05) is 31.8 Å². The van der Waals surface area contributed by atoms with Crippen LogP contribution in [0.4, 0.5) is 23.1 Å². The lowest BCUT2D eigenvalue weighted by Gasteiger charge is -2.15. The number of rotatable bonds is 7. The molecule has 166 valence electrons. The summed E-state index contributed by atoms with van der Waals surface area (Å²) >= 11 is 0. The number of para-hydroxylation sites is 1. The molecule has 0 atom stereocenters. The fourth-order valence-electron chi connectivity index (χ4n) is 3.19. The van der Waals surface area contributed by atoms with Gasteiger partial charge in [-0.1, -0.05) is 12.1 Å². The molecule has 3 N–H and O–H groups in total. The zero-order valence-electron chi connectivity index (χ0n) is 18.3. The van der Waals surface area contributed by atoms with Crippen LogP contribution in [0.25, 0.3) is 11.0 Å². The fraction of sp³-hybridized carbons (Fsp3) is 0.238. The van der Waals surface area contributed by atoms with Crippen LogP contribution in [-0.2, 0) is 15.9 Å². The maximum atomic E-state index is 12.7. The van der Waals surface area contributed by atoms with Crippen molar-refractivity contribution in [3.63, 3.8) is 0 Å². The lowest BCUT2D eigenvalue weighted by atomic mass is 10.3. The van der Waals surface area contributed by atoms with E-state index in [0.717, 1.165) is 16.4 Å². The Kier molecular flexibility index (Phi) is 5.71. The second kappa shape index (κ2) is 8.47. The SMILES string of the molecule is CN(C)C(=O)Cn1cc(Nc2nc(Nc3ccccc3P(C)(C)=O)c3cc[nH]c3n2)cn1. The van der Waals surface area contributed by atoms with E-state index in [0.29, 0.717) is 23.1 Å². The Balaban J connectivity index is 1.63. The van der Waals surface area contributed by atoms with Crippen molar-refractivity contribution in [1.29, 1.82) is 0 Å². The average molecular weight is 452 g/mol. The highest BCUT2D eigenvalue weighted by Crippen LogP contribution is 2.38. The molecule has 3 aromatic heterocycles. The summed E-state index contributed by atoms with van der Waals surface area (Å²) in [5.74, 6) is 0.877. The molecule has 0 aliphatic carbocycles. The molecule has 0 spiro atoms. The van der Waals surface area contributed by atoms with E-state index in [1.54, 1.807) is 50.7 Å². The number of H-pyrrole nitrogens is 1. The molecule has 0 aliphatic heterocycles. The first kappa shape index (κ1) is 21.6. The molecule has 0 radical (unpaired) electrons. The molecular weight excluding hydrogens is 427 g/mol. The largest absolute Gasteiger partial charge is 0.347 e. The van der Waals surface area contributed by atoms with E-state index in [-0.39, 0.29) is 12.5 Å². The maximum Gasteiger partial charge on any atom is 0.243 e. The molecule has 0 saturated heterocycles. The van der Waals surface area contributed by atoms with E-state index in [9.17, 15) is 9.36 Å². The quantitative estimate of drug-likeness (QED) is 0.369. The van der Waals surface area contributed by atoms with E-state index >= 15 is 0 Å². The molecule has 0 fully saturated rings. The Hall–Kier alpha value is -3.65. The Morgan fingerprint density at radius 3 is 2.69 bits per heavy atom. The van der Waals surface area contributed by atoms with Crippen molar-refractivity contribution in [3.05, 3.63) is 48.9 Å². The molecule has 0 saturated carbocycles. The van der Waals surface area contributed by atoms with Crippen LogP contribution in [0, 0.1) is 0 Å². The third-order valence-electron chi connectivity index (χ3n) is 4.84. The Bertz CT molecular complexity index is 1320. The first-order valence-corrected chi connectivity index (χ1v) is 12.6. The number of amides is 1. The van der Waals surface area contributed by atoms with Crippen LogP contribution < -0.4 is 15.9 Å². The third-order valence-corrected chi connectivity index (χ3v) is 6.39. The number of hydrogen-bond acceptors (Lipinski definition) is 7. The van der Waals surface area contributed by atoms with Crippen LogP contribution in [0.5, 0.6) is 0 Å². The number of likely N-dealkylation sites (N-methyl/N-ethyl adjacent to an activating group) is 1. The molecule has 4 aromatic rings. The van der Waals surface area contributed by atoms with Gasteiger partial charge in [-0.15, -0.1) is 0 Å². The number of fused-ring (bicyclic) bond motifs is 1. The maximum absolute atomic E-state index is 12.7. The summed E-state index contributed by atoms with van der Waals surface area (Å²) in [7, 11) is 0.910. The molecule has 3 heterocycles. The molecule has 32 heavy (non-hydrogen) atoms. The first-order chi connectivity index (χ1) is 15.2. The summed E-state index contributed by atoms with van der Waals surface area (Å²) in [5, 5.41) is 12.2. The molecule has 4 rings (SSSR count). The van der Waals surface area contributed by atoms with Crippen LogP contribution in [0.1, 0.15) is 0 Å². The van der Waals surface area contributed by atoms with Gasteiger partial charge in [-0.2, -0.15) is 15.1 Å². The van der Waals surface area contributed by atoms with Crippen LogP contribution in [0.2, 0.25) is 0 Å². The van der Waals surface area contributed by atoms with Gasteiger partial charge in [0.15, 0.2) is 0 Å². The van der Waals surface area contributed by atoms with Crippen LogP contribution in [0.15, 0.2) is 48.9 Å². The number of aromatic amines is 1. The standard InChI is InChI=1S/C21H25N8O2P/c1-28(2)18(30)13-29-12-14(11-23-29)24-21-26-19-15(9-10-22-19)20(27-21)25-16-7-5-6-8-17(16)32(3,4)31/h5-12H,13H2,1-4H3,(H3,22,24,25,26,27). The zero-order chi connectivity index (χ0) is 22.9. The van der Waals surface area contributed by atoms with Gasteiger partial charge in [-0.05, 0) is 31.5 Å². The number of hydrogen-bond donors (Lipinski definition) is 3. The highest BCUT2D eigenvalue weighted by Gasteiger charge is 2.18. The zero-order valence-corrected chi connectivity index (χ0v) is 19.2. The van der Waals surface area contributed by atoms with Crippen molar-refractivity contribution >= 4 is 52.5 Å². The third kappa shape index (κ3) is 4.65. The Labute approximate surface area is 185 Å². The summed E-state index contributed by atoms with van der Waals surface area (Å²) in [5.41, 5.74) is 2.04. The smallest absolute Gasteiger partial charge is 0.243 e. The fourth-order valence-corrected chi connectivity index (χ4v) is 4.35. The summed E-state index contributed by atoms with van der Waals surface area (Å²) < 4.78 is 14.3. The normalized spacial score (nSPS) is 11.5. The minimum absolute atomic E-state index is 0.0574. The number of benzene rings is 1. The van der Waals surface area contributed by atoms with Gasteiger partial charge < -0.3 is 25.1 Å². The second-order valence-electron chi connectivity index (χ2n) is 7.97. The number of nitrogens with one attached hydrogen (secondary N) is 3. The topological polar surface area (TPSA) is 121 Å². The van der Waals surface area contributed by atoms with Gasteiger partial charge in [0.1, 0.15) is 25.2 Å². The Morgan fingerprint density at radius 2 is 1.94 bits per heavy atom. The van der Waals surface area contributed by atoms with Crippen molar-refractivity contribution in [3.8, 4) is 0 Å². The monoisotopic (exact) mass is 452 g/mol. The molecule has 0 unspecified atom stereocenters. The van der Waals surface area contributed by atoms with Crippen LogP contribution >= 0.6 is 7.14 Å². The molecule has 0 bridgehead atoms. The number of anilines is 4. The van der Waals surface area contributed by atoms with Gasteiger partial charge in [0.2, 0.25) is 11.9 Å². The highest BCUT2D eigenvalue weighted by molar-refractivity contribution is 7.70. The number of nitrogens with zero attached hydrogens (tertiary/aromatic N) is 5. The molecule has 1 aromatic carbocycles. The minimum atomic E-state index is -2.49. The van der Waals surface area contributed by atoms with E-state index < -0.39 is 7.14 Å². The van der Waals surface area contributed by atoms with E-state index in [2.05, 4.69) is 30.7 Å². The number of carbonyl (C=O) groups is 1. The van der Waals surface area contributed by atoms with Crippen molar-refractivity contribution in [2.75, 3.05) is 38.1 Å². The highest BCUT2D eigenvalue weighted by atomic mass is 31.2. The Morgan fingerprint density at radius 1 is 1.16 bits per heavy atom. The second-order valence-corrected chi connectivity index (χ2v) is 11.2. The van der Waals surface area contributed by atoms with Crippen molar-refractivity contribution < 1.29 is 9.36 Å². The van der Waals surface area contributed by atoms with Gasteiger partial charge in [0.25, 0.3) is 0 Å². The van der Waals surface area contributed by atoms with Gasteiger partial charge in [-0.3, -0.25) is 9.48 Å². The van der Waals surface area contributed by atoms with Crippen molar-refractivity contribution in [2.45, 2.75) is 6.54 Å². The molecule has 1 amide bonds. The molecular formula is C21H25N8O2P. The van der Waals surface area contributed by atoms with E-state index in [1.807, 2.05) is 30.3 Å². The lowest BCUT2D eigenvalue weighted by Crippen LogP contribution is -2.26. The van der Waals surface area contributed by atoms with Crippen molar-refractivity contribution in [2.24, 2.45) is 0 Å². The van der Waals surface area contributed by atoms with Crippen LogP contribution in [0.3, 0.4) is 0 Å². The molecule has 0 aliphatic rings. The molecule has 10 nitrogen and oxygen atoms in total. The predicted octanol–water partition coefficient (Wildman–Crippen LogP) is 2.98. The van der Waals surface area contributed by atoms with Crippen molar-refractivity contribution in [1.82, 2.24) is 29.6 Å². The number of carbonyl (C=O) groups excluding carboxylic acids is 1. The first-order valence-electron chi connectivity index (χ1n) is 9.97. The lowest BCUT2D eigenvalue weighted by molar-refractivity contribution is -0.129. The predicted molar refractivity (Wildman–Crippen MR) is 127 cm³/mol. The number of aromatic nitrogens is 5. The van der Waals surface area contributed by atoms with Gasteiger partial charge in [0.05, 0.1) is 23.0 Å².